The number of benzene rings is 1. The predicted octanol–water partition coefficient (Wildman–Crippen LogP) is 1.32. The average molecular weight is 442 g/mol. The molecule has 0 atom stereocenters. The van der Waals surface area contributed by atoms with Crippen LogP contribution >= 0.6 is 0 Å². The Morgan fingerprint density at radius 3 is 2.72 bits per heavy atom. The van der Waals surface area contributed by atoms with E-state index in [1.54, 1.807) is 36.5 Å². The summed E-state index contributed by atoms with van der Waals surface area (Å²) in [4.78, 5) is 42.5. The number of nitrogens with zero attached hydrogens (tertiary/aromatic N) is 2. The minimum atomic E-state index is -0.323. The van der Waals surface area contributed by atoms with Crippen LogP contribution in [0.1, 0.15) is 18.4 Å². The van der Waals surface area contributed by atoms with Gasteiger partial charge in [-0.3, -0.25) is 14.4 Å². The van der Waals surface area contributed by atoms with Gasteiger partial charge < -0.3 is 29.7 Å². The quantitative estimate of drug-likeness (QED) is 0.539. The van der Waals surface area contributed by atoms with E-state index >= 15 is 0 Å². The van der Waals surface area contributed by atoms with Crippen LogP contribution < -0.4 is 20.1 Å². The number of anilines is 1. The summed E-state index contributed by atoms with van der Waals surface area (Å²) in [6.45, 7) is 0.862. The van der Waals surface area contributed by atoms with E-state index in [0.29, 0.717) is 17.3 Å². The first-order valence-electron chi connectivity index (χ1n) is 10.2. The Morgan fingerprint density at radius 1 is 1.09 bits per heavy atom. The molecule has 0 saturated carbocycles. The van der Waals surface area contributed by atoms with Gasteiger partial charge in [0.15, 0.2) is 11.5 Å². The molecule has 1 aliphatic rings. The molecule has 3 rings (SSSR count). The smallest absolute Gasteiger partial charge is 0.239 e. The molecule has 3 amide bonds. The van der Waals surface area contributed by atoms with Gasteiger partial charge in [0.1, 0.15) is 5.82 Å². The number of carbonyl (C=O) groups is 3. The van der Waals surface area contributed by atoms with E-state index in [2.05, 4.69) is 15.6 Å². The number of fused-ring (bicyclic) bond motifs is 1. The number of aromatic nitrogens is 1. The lowest BCUT2D eigenvalue weighted by Crippen LogP contribution is -2.42. The highest BCUT2D eigenvalue weighted by molar-refractivity contribution is 5.93. The SMILES string of the molecule is COCCN(CC(=O)NCc1ccc2c(c1)OCO2)C(=O)CCC(=O)Nc1ccccn1. The van der Waals surface area contributed by atoms with Crippen LogP contribution in [0.2, 0.25) is 0 Å². The molecule has 0 unspecified atom stereocenters. The van der Waals surface area contributed by atoms with Crippen LogP contribution in [0.5, 0.6) is 11.5 Å². The minimum absolute atomic E-state index is 0.0162. The summed E-state index contributed by atoms with van der Waals surface area (Å²) < 4.78 is 15.6. The largest absolute Gasteiger partial charge is 0.454 e. The van der Waals surface area contributed by atoms with E-state index in [-0.39, 0.29) is 63.6 Å². The highest BCUT2D eigenvalue weighted by Gasteiger charge is 2.19. The number of hydrogen-bond donors (Lipinski definition) is 2. The van der Waals surface area contributed by atoms with Crippen molar-refractivity contribution in [3.63, 3.8) is 0 Å². The van der Waals surface area contributed by atoms with Crippen LogP contribution in [0.15, 0.2) is 42.6 Å². The Hall–Kier alpha value is -3.66. The highest BCUT2D eigenvalue weighted by atomic mass is 16.7. The van der Waals surface area contributed by atoms with Gasteiger partial charge in [-0.25, -0.2) is 4.98 Å². The number of carbonyl (C=O) groups excluding carboxylic acids is 3. The molecule has 2 heterocycles. The first-order valence-corrected chi connectivity index (χ1v) is 10.2. The minimum Gasteiger partial charge on any atom is -0.454 e. The van der Waals surface area contributed by atoms with Gasteiger partial charge in [-0.1, -0.05) is 12.1 Å². The van der Waals surface area contributed by atoms with Crippen molar-refractivity contribution < 1.29 is 28.6 Å². The first-order chi connectivity index (χ1) is 15.5. The molecule has 0 radical (unpaired) electrons. The second-order valence-electron chi connectivity index (χ2n) is 7.04. The van der Waals surface area contributed by atoms with Crippen LogP contribution in [0, 0.1) is 0 Å². The van der Waals surface area contributed by atoms with Gasteiger partial charge in [0.25, 0.3) is 0 Å². The molecule has 1 aromatic carbocycles. The lowest BCUT2D eigenvalue weighted by Gasteiger charge is -2.22. The van der Waals surface area contributed by atoms with Gasteiger partial charge in [-0.2, -0.15) is 0 Å². The van der Waals surface area contributed by atoms with Gasteiger partial charge in [0.2, 0.25) is 24.5 Å². The van der Waals surface area contributed by atoms with Crippen LogP contribution in [-0.4, -0.2) is 61.2 Å². The van der Waals surface area contributed by atoms with Crippen molar-refractivity contribution in [2.24, 2.45) is 0 Å². The second kappa shape index (κ2) is 11.7. The van der Waals surface area contributed by atoms with Crippen LogP contribution in [0.25, 0.3) is 0 Å². The molecule has 170 valence electrons. The third-order valence-corrected chi connectivity index (χ3v) is 4.68. The van der Waals surface area contributed by atoms with E-state index in [1.165, 1.54) is 12.0 Å². The van der Waals surface area contributed by atoms with E-state index in [0.717, 1.165) is 5.56 Å². The molecule has 0 bridgehead atoms. The lowest BCUT2D eigenvalue weighted by molar-refractivity contribution is -0.137. The number of ether oxygens (including phenoxy) is 3. The maximum atomic E-state index is 12.6. The predicted molar refractivity (Wildman–Crippen MR) is 115 cm³/mol. The number of pyridine rings is 1. The zero-order valence-corrected chi connectivity index (χ0v) is 17.8. The fourth-order valence-corrected chi connectivity index (χ4v) is 2.99. The number of hydrogen-bond acceptors (Lipinski definition) is 7. The summed E-state index contributed by atoms with van der Waals surface area (Å²) in [5, 5.41) is 5.42. The maximum absolute atomic E-state index is 12.6. The molecular formula is C22H26N4O6. The van der Waals surface area contributed by atoms with Gasteiger partial charge in [-0.05, 0) is 29.8 Å². The Morgan fingerprint density at radius 2 is 1.94 bits per heavy atom. The van der Waals surface area contributed by atoms with Crippen molar-refractivity contribution >= 4 is 23.5 Å². The molecule has 1 aromatic heterocycles. The molecule has 0 fully saturated rings. The third kappa shape index (κ3) is 6.95. The third-order valence-electron chi connectivity index (χ3n) is 4.68. The van der Waals surface area contributed by atoms with Gasteiger partial charge in [0, 0.05) is 39.2 Å². The van der Waals surface area contributed by atoms with Gasteiger partial charge in [0.05, 0.1) is 13.2 Å². The Bertz CT molecular complexity index is 937. The fourth-order valence-electron chi connectivity index (χ4n) is 2.99. The number of amides is 3. The summed E-state index contributed by atoms with van der Waals surface area (Å²) in [6.07, 6.45) is 1.52. The maximum Gasteiger partial charge on any atom is 0.239 e. The molecule has 2 aromatic rings. The van der Waals surface area contributed by atoms with Crippen molar-refractivity contribution in [1.82, 2.24) is 15.2 Å². The van der Waals surface area contributed by atoms with Crippen molar-refractivity contribution in [3.05, 3.63) is 48.2 Å². The van der Waals surface area contributed by atoms with Crippen molar-refractivity contribution in [3.8, 4) is 11.5 Å². The Kier molecular flexibility index (Phi) is 8.38. The summed E-state index contributed by atoms with van der Waals surface area (Å²) >= 11 is 0. The molecule has 2 N–H and O–H groups in total. The zero-order valence-electron chi connectivity index (χ0n) is 17.8. The number of methoxy groups -OCH3 is 1. The van der Waals surface area contributed by atoms with Crippen molar-refractivity contribution in [2.75, 3.05) is 38.9 Å². The number of rotatable bonds is 11. The van der Waals surface area contributed by atoms with Crippen LogP contribution in [0.3, 0.4) is 0 Å². The molecule has 1 aliphatic heterocycles. The Balaban J connectivity index is 1.46. The zero-order chi connectivity index (χ0) is 22.8. The fraction of sp³-hybridized carbons (Fsp3) is 0.364. The second-order valence-corrected chi connectivity index (χ2v) is 7.04. The van der Waals surface area contributed by atoms with E-state index in [9.17, 15) is 14.4 Å². The average Bonchev–Trinajstić information content (AvgIpc) is 3.27. The molecule has 0 aliphatic carbocycles. The molecule has 10 nitrogen and oxygen atoms in total. The lowest BCUT2D eigenvalue weighted by atomic mass is 10.2. The van der Waals surface area contributed by atoms with Gasteiger partial charge >= 0.3 is 0 Å². The topological polar surface area (TPSA) is 119 Å². The summed E-state index contributed by atoms with van der Waals surface area (Å²) in [6, 6.07) is 10.6. The van der Waals surface area contributed by atoms with Crippen molar-refractivity contribution in [1.29, 1.82) is 0 Å². The normalized spacial score (nSPS) is 11.7. The summed E-state index contributed by atoms with van der Waals surface area (Å²) in [7, 11) is 1.52. The van der Waals surface area contributed by atoms with Crippen LogP contribution in [-0.2, 0) is 25.7 Å². The molecular weight excluding hydrogens is 416 g/mol. The Labute approximate surface area is 185 Å². The monoisotopic (exact) mass is 442 g/mol. The highest BCUT2D eigenvalue weighted by Crippen LogP contribution is 2.32. The van der Waals surface area contributed by atoms with Gasteiger partial charge in [-0.15, -0.1) is 0 Å². The first kappa shape index (κ1) is 23.0. The van der Waals surface area contributed by atoms with E-state index in [1.807, 2.05) is 6.07 Å². The molecule has 10 heteroatoms. The van der Waals surface area contributed by atoms with Crippen molar-refractivity contribution in [2.45, 2.75) is 19.4 Å². The van der Waals surface area contributed by atoms with E-state index in [4.69, 9.17) is 14.2 Å². The summed E-state index contributed by atoms with van der Waals surface area (Å²) in [5.74, 6) is 0.780. The van der Waals surface area contributed by atoms with E-state index < -0.39 is 0 Å². The molecule has 0 spiro atoms. The number of nitrogens with one attached hydrogen (secondary N) is 2. The van der Waals surface area contributed by atoms with Crippen LogP contribution in [0.4, 0.5) is 5.82 Å². The molecule has 32 heavy (non-hydrogen) atoms. The standard InChI is InChI=1S/C22H26N4O6/c1-30-11-10-26(22(29)8-7-20(27)25-19-4-2-3-9-23-19)14-21(28)24-13-16-5-6-17-18(12-16)32-15-31-17/h2-6,9,12H,7-8,10-11,13-15H2,1H3,(H,24,28)(H,23,25,27). The summed E-state index contributed by atoms with van der Waals surface area (Å²) in [5.41, 5.74) is 0.851. The molecule has 0 saturated heterocycles.